The first kappa shape index (κ1) is 19.6. The average Bonchev–Trinajstić information content (AvgIpc) is 2.74. The molecule has 0 bridgehead atoms. The predicted octanol–water partition coefficient (Wildman–Crippen LogP) is 5.65. The van der Waals surface area contributed by atoms with Crippen LogP contribution in [-0.2, 0) is 4.74 Å². The first-order valence-corrected chi connectivity index (χ1v) is 9.02. The van der Waals surface area contributed by atoms with Crippen molar-refractivity contribution in [1.29, 1.82) is 0 Å². The topological polar surface area (TPSA) is 50.8 Å². The maximum absolute atomic E-state index is 12.1. The summed E-state index contributed by atoms with van der Waals surface area (Å²) in [5, 5.41) is 3.97. The van der Waals surface area contributed by atoms with Crippen LogP contribution < -0.4 is 15.0 Å². The van der Waals surface area contributed by atoms with E-state index in [-0.39, 0.29) is 0 Å². The summed E-state index contributed by atoms with van der Waals surface area (Å²) in [5.41, 5.74) is 3.96. The molecule has 0 spiro atoms. The molecule has 0 aliphatic rings. The van der Waals surface area contributed by atoms with Gasteiger partial charge in [0.1, 0.15) is 5.75 Å². The van der Waals surface area contributed by atoms with Gasteiger partial charge >= 0.3 is 5.97 Å². The molecule has 0 radical (unpaired) electrons. The number of hydrogen-bond acceptors (Lipinski definition) is 5. The molecule has 0 saturated heterocycles. The van der Waals surface area contributed by atoms with E-state index < -0.39 is 5.97 Å². The Bertz CT molecular complexity index is 957. The standard InChI is InChI=1S/C22H21ClN2O3/c1-25(17-8-4-15(23)5-9-17)18-10-6-16(7-11-18)24-21-13-12-19(27-2)14-20(21)22(26)28-3/h4-14,24H,1-3H3. The second-order valence-corrected chi connectivity index (χ2v) is 6.55. The molecule has 0 aliphatic heterocycles. The molecule has 3 aromatic rings. The van der Waals surface area contributed by atoms with Gasteiger partial charge in [0.25, 0.3) is 0 Å². The zero-order valence-corrected chi connectivity index (χ0v) is 16.7. The minimum Gasteiger partial charge on any atom is -0.497 e. The molecule has 0 aliphatic carbocycles. The summed E-state index contributed by atoms with van der Waals surface area (Å²) in [4.78, 5) is 14.1. The van der Waals surface area contributed by atoms with Gasteiger partial charge in [-0.1, -0.05) is 11.6 Å². The molecule has 28 heavy (non-hydrogen) atoms. The summed E-state index contributed by atoms with van der Waals surface area (Å²) in [6.07, 6.45) is 0. The van der Waals surface area contributed by atoms with Crippen molar-refractivity contribution < 1.29 is 14.3 Å². The fourth-order valence-corrected chi connectivity index (χ4v) is 2.90. The molecule has 6 heteroatoms. The highest BCUT2D eigenvalue weighted by Gasteiger charge is 2.14. The van der Waals surface area contributed by atoms with Crippen LogP contribution in [0, 0.1) is 0 Å². The highest BCUT2D eigenvalue weighted by Crippen LogP contribution is 2.29. The molecule has 0 atom stereocenters. The Kier molecular flexibility index (Phi) is 6.06. The SMILES string of the molecule is COC(=O)c1cc(OC)ccc1Nc1ccc(N(C)c2ccc(Cl)cc2)cc1. The second-order valence-electron chi connectivity index (χ2n) is 6.11. The predicted molar refractivity (Wildman–Crippen MR) is 114 cm³/mol. The molecule has 5 nitrogen and oxygen atoms in total. The molecule has 0 aromatic heterocycles. The number of ether oxygens (including phenoxy) is 2. The van der Waals surface area contributed by atoms with Gasteiger partial charge in [-0.15, -0.1) is 0 Å². The lowest BCUT2D eigenvalue weighted by Crippen LogP contribution is -2.09. The van der Waals surface area contributed by atoms with Crippen LogP contribution >= 0.6 is 11.6 Å². The molecule has 0 amide bonds. The number of nitrogens with one attached hydrogen (secondary N) is 1. The van der Waals surface area contributed by atoms with Gasteiger partial charge in [0.15, 0.2) is 0 Å². The summed E-state index contributed by atoms with van der Waals surface area (Å²) in [5.74, 6) is 0.159. The van der Waals surface area contributed by atoms with Crippen molar-refractivity contribution in [2.24, 2.45) is 0 Å². The van der Waals surface area contributed by atoms with Crippen LogP contribution in [0.15, 0.2) is 66.7 Å². The number of nitrogens with zero attached hydrogens (tertiary/aromatic N) is 1. The van der Waals surface area contributed by atoms with Crippen molar-refractivity contribution in [3.05, 3.63) is 77.3 Å². The molecule has 144 valence electrons. The van der Waals surface area contributed by atoms with Crippen molar-refractivity contribution in [3.8, 4) is 5.75 Å². The number of esters is 1. The Morgan fingerprint density at radius 2 is 1.54 bits per heavy atom. The summed E-state index contributed by atoms with van der Waals surface area (Å²) >= 11 is 5.96. The van der Waals surface area contributed by atoms with Crippen LogP contribution in [0.25, 0.3) is 0 Å². The van der Waals surface area contributed by atoms with E-state index >= 15 is 0 Å². The smallest absolute Gasteiger partial charge is 0.340 e. The highest BCUT2D eigenvalue weighted by atomic mass is 35.5. The van der Waals surface area contributed by atoms with Gasteiger partial charge in [-0.25, -0.2) is 4.79 Å². The van der Waals surface area contributed by atoms with Crippen molar-refractivity contribution in [2.45, 2.75) is 0 Å². The van der Waals surface area contributed by atoms with E-state index in [4.69, 9.17) is 21.1 Å². The lowest BCUT2D eigenvalue weighted by atomic mass is 10.1. The quantitative estimate of drug-likeness (QED) is 0.546. The lowest BCUT2D eigenvalue weighted by molar-refractivity contribution is 0.0601. The molecular weight excluding hydrogens is 376 g/mol. The van der Waals surface area contributed by atoms with Crippen LogP contribution in [0.5, 0.6) is 5.75 Å². The van der Waals surface area contributed by atoms with Crippen molar-refractivity contribution >= 4 is 40.3 Å². The molecule has 3 rings (SSSR count). The molecular formula is C22H21ClN2O3. The Labute approximate surface area is 169 Å². The third-order valence-corrected chi connectivity index (χ3v) is 4.63. The third kappa shape index (κ3) is 4.38. The largest absolute Gasteiger partial charge is 0.497 e. The summed E-state index contributed by atoms with van der Waals surface area (Å²) in [6.45, 7) is 0. The number of rotatable bonds is 6. The molecule has 1 N–H and O–H groups in total. The normalized spacial score (nSPS) is 10.3. The van der Waals surface area contributed by atoms with Crippen molar-refractivity contribution in [1.82, 2.24) is 0 Å². The zero-order chi connectivity index (χ0) is 20.1. The fraction of sp³-hybridized carbons (Fsp3) is 0.136. The molecule has 0 saturated carbocycles. The van der Waals surface area contributed by atoms with Gasteiger partial charge in [-0.05, 0) is 66.7 Å². The molecule has 3 aromatic carbocycles. The van der Waals surface area contributed by atoms with Crippen LogP contribution in [-0.4, -0.2) is 27.2 Å². The summed E-state index contributed by atoms with van der Waals surface area (Å²) in [6, 6.07) is 20.8. The van der Waals surface area contributed by atoms with E-state index in [2.05, 4.69) is 10.2 Å². The van der Waals surface area contributed by atoms with Gasteiger partial charge in [-0.3, -0.25) is 0 Å². The van der Waals surface area contributed by atoms with Gasteiger partial charge in [0.2, 0.25) is 0 Å². The van der Waals surface area contributed by atoms with E-state index in [9.17, 15) is 4.79 Å². The average molecular weight is 397 g/mol. The van der Waals surface area contributed by atoms with E-state index in [1.165, 1.54) is 7.11 Å². The number of hydrogen-bond donors (Lipinski definition) is 1. The van der Waals surface area contributed by atoms with Gasteiger partial charge in [-0.2, -0.15) is 0 Å². The molecule has 0 unspecified atom stereocenters. The third-order valence-electron chi connectivity index (χ3n) is 4.38. The van der Waals surface area contributed by atoms with Crippen LogP contribution in [0.2, 0.25) is 5.02 Å². The second kappa shape index (κ2) is 8.67. The van der Waals surface area contributed by atoms with Gasteiger partial charge in [0, 0.05) is 29.1 Å². The Morgan fingerprint density at radius 1 is 0.929 bits per heavy atom. The van der Waals surface area contributed by atoms with Crippen molar-refractivity contribution in [3.63, 3.8) is 0 Å². The minimum atomic E-state index is -0.430. The number of methoxy groups -OCH3 is 2. The maximum atomic E-state index is 12.1. The monoisotopic (exact) mass is 396 g/mol. The van der Waals surface area contributed by atoms with Crippen molar-refractivity contribution in [2.75, 3.05) is 31.5 Å². The Hall–Kier alpha value is -3.18. The maximum Gasteiger partial charge on any atom is 0.340 e. The summed E-state index contributed by atoms with van der Waals surface area (Å²) in [7, 11) is 4.90. The van der Waals surface area contributed by atoms with Gasteiger partial charge in [0.05, 0.1) is 25.5 Å². The number of carbonyl (C=O) groups is 1. The molecule has 0 fully saturated rings. The number of halogens is 1. The first-order chi connectivity index (χ1) is 13.5. The van der Waals surface area contributed by atoms with E-state index in [1.807, 2.05) is 55.6 Å². The van der Waals surface area contributed by atoms with Crippen LogP contribution in [0.4, 0.5) is 22.7 Å². The Balaban J connectivity index is 1.81. The highest BCUT2D eigenvalue weighted by molar-refractivity contribution is 6.30. The fourth-order valence-electron chi connectivity index (χ4n) is 2.78. The zero-order valence-electron chi connectivity index (χ0n) is 15.9. The van der Waals surface area contributed by atoms with Crippen LogP contribution in [0.1, 0.15) is 10.4 Å². The number of anilines is 4. The summed E-state index contributed by atoms with van der Waals surface area (Å²) < 4.78 is 10.1. The number of carbonyl (C=O) groups excluding carboxylic acids is 1. The Morgan fingerprint density at radius 3 is 2.11 bits per heavy atom. The lowest BCUT2D eigenvalue weighted by Gasteiger charge is -2.20. The van der Waals surface area contributed by atoms with E-state index in [0.717, 1.165) is 17.1 Å². The number of benzene rings is 3. The van der Waals surface area contributed by atoms with E-state index in [0.29, 0.717) is 22.0 Å². The van der Waals surface area contributed by atoms with Gasteiger partial charge < -0.3 is 19.7 Å². The van der Waals surface area contributed by atoms with E-state index in [1.54, 1.807) is 25.3 Å². The minimum absolute atomic E-state index is 0.407. The van der Waals surface area contributed by atoms with Crippen LogP contribution in [0.3, 0.4) is 0 Å². The first-order valence-electron chi connectivity index (χ1n) is 8.64. The molecule has 0 heterocycles.